The predicted molar refractivity (Wildman–Crippen MR) is 62.9 cm³/mol. The van der Waals surface area contributed by atoms with Crippen LogP contribution >= 0.6 is 0 Å². The zero-order valence-corrected chi connectivity index (χ0v) is 9.81. The highest BCUT2D eigenvalue weighted by molar-refractivity contribution is 7.92. The maximum absolute atomic E-state index is 12.0. The third kappa shape index (κ3) is 2.26. The second kappa shape index (κ2) is 4.38. The van der Waals surface area contributed by atoms with Crippen LogP contribution in [0.4, 0.5) is 11.4 Å². The topological polar surface area (TPSA) is 122 Å². The Kier molecular flexibility index (Phi) is 2.91. The van der Waals surface area contributed by atoms with Crippen LogP contribution in [0.5, 0.6) is 0 Å². The Morgan fingerprint density at radius 2 is 2.22 bits per heavy atom. The number of sulfonamides is 1. The maximum atomic E-state index is 12.0. The SMILES string of the molecule is N#Cc1ccc(S(=O)(=O)Nc2cnoc2)c(N)c1. The monoisotopic (exact) mass is 264 g/mol. The van der Waals surface area contributed by atoms with Crippen molar-refractivity contribution < 1.29 is 12.9 Å². The Labute approximate surface area is 103 Å². The quantitative estimate of drug-likeness (QED) is 0.795. The summed E-state index contributed by atoms with van der Waals surface area (Å²) in [4.78, 5) is -0.109. The van der Waals surface area contributed by atoms with Crippen LogP contribution in [0.15, 0.2) is 40.1 Å². The number of aromatic nitrogens is 1. The summed E-state index contributed by atoms with van der Waals surface area (Å²) in [6.07, 6.45) is 2.37. The van der Waals surface area contributed by atoms with Crippen molar-refractivity contribution in [2.75, 3.05) is 10.5 Å². The van der Waals surface area contributed by atoms with E-state index in [2.05, 4.69) is 14.4 Å². The number of rotatable bonds is 3. The summed E-state index contributed by atoms with van der Waals surface area (Å²) in [6, 6.07) is 5.81. The van der Waals surface area contributed by atoms with Gasteiger partial charge in [0.2, 0.25) is 0 Å². The molecule has 0 saturated heterocycles. The fraction of sp³-hybridized carbons (Fsp3) is 0. The summed E-state index contributed by atoms with van der Waals surface area (Å²) in [7, 11) is -3.82. The van der Waals surface area contributed by atoms with E-state index in [4.69, 9.17) is 11.0 Å². The number of nitrogens with one attached hydrogen (secondary N) is 1. The molecule has 1 aromatic heterocycles. The maximum Gasteiger partial charge on any atom is 0.264 e. The molecule has 0 spiro atoms. The Morgan fingerprint density at radius 1 is 1.44 bits per heavy atom. The molecule has 0 aliphatic rings. The number of hydrogen-bond acceptors (Lipinski definition) is 6. The summed E-state index contributed by atoms with van der Waals surface area (Å²) in [5.41, 5.74) is 6.08. The smallest absolute Gasteiger partial charge is 0.264 e. The van der Waals surface area contributed by atoms with Crippen molar-refractivity contribution >= 4 is 21.4 Å². The van der Waals surface area contributed by atoms with Crippen LogP contribution in [-0.2, 0) is 10.0 Å². The minimum atomic E-state index is -3.82. The van der Waals surface area contributed by atoms with Gasteiger partial charge in [0.1, 0.15) is 16.8 Å². The van der Waals surface area contributed by atoms with Gasteiger partial charge in [0, 0.05) is 0 Å². The molecule has 7 nitrogen and oxygen atoms in total. The van der Waals surface area contributed by atoms with Gasteiger partial charge in [-0.1, -0.05) is 5.16 Å². The molecule has 0 aliphatic carbocycles. The molecule has 18 heavy (non-hydrogen) atoms. The van der Waals surface area contributed by atoms with E-state index in [9.17, 15) is 8.42 Å². The van der Waals surface area contributed by atoms with Gasteiger partial charge in [-0.3, -0.25) is 4.72 Å². The minimum absolute atomic E-state index is 0.00185. The molecule has 0 fully saturated rings. The van der Waals surface area contributed by atoms with E-state index in [0.29, 0.717) is 0 Å². The van der Waals surface area contributed by atoms with E-state index in [1.165, 1.54) is 24.4 Å². The third-order valence-corrected chi connectivity index (χ3v) is 3.57. The molecule has 2 rings (SSSR count). The van der Waals surface area contributed by atoms with Gasteiger partial charge in [-0.25, -0.2) is 8.42 Å². The van der Waals surface area contributed by atoms with Crippen molar-refractivity contribution in [3.05, 3.63) is 36.2 Å². The molecule has 0 aliphatic heterocycles. The molecule has 0 atom stereocenters. The minimum Gasteiger partial charge on any atom is -0.398 e. The van der Waals surface area contributed by atoms with E-state index >= 15 is 0 Å². The number of anilines is 2. The molecule has 3 N–H and O–H groups in total. The van der Waals surface area contributed by atoms with Gasteiger partial charge in [0.25, 0.3) is 10.0 Å². The van der Waals surface area contributed by atoms with Crippen LogP contribution < -0.4 is 10.5 Å². The van der Waals surface area contributed by atoms with Gasteiger partial charge < -0.3 is 10.3 Å². The highest BCUT2D eigenvalue weighted by Crippen LogP contribution is 2.22. The van der Waals surface area contributed by atoms with Crippen LogP contribution in [0.3, 0.4) is 0 Å². The zero-order chi connectivity index (χ0) is 13.2. The van der Waals surface area contributed by atoms with Crippen LogP contribution in [-0.4, -0.2) is 13.6 Å². The average Bonchev–Trinajstić information content (AvgIpc) is 2.80. The molecule has 8 heteroatoms. The second-order valence-corrected chi connectivity index (χ2v) is 5.03. The summed E-state index contributed by atoms with van der Waals surface area (Å²) < 4.78 is 30.7. The predicted octanol–water partition coefficient (Wildman–Crippen LogP) is 0.929. The number of nitrogen functional groups attached to an aromatic ring is 1. The van der Waals surface area contributed by atoms with E-state index in [1.807, 2.05) is 6.07 Å². The van der Waals surface area contributed by atoms with Gasteiger partial charge in [0.15, 0.2) is 0 Å². The summed E-state index contributed by atoms with van der Waals surface area (Å²) in [6.45, 7) is 0. The number of nitriles is 1. The third-order valence-electron chi connectivity index (χ3n) is 2.11. The van der Waals surface area contributed by atoms with Crippen molar-refractivity contribution in [1.82, 2.24) is 5.16 Å². The van der Waals surface area contributed by atoms with Gasteiger partial charge >= 0.3 is 0 Å². The van der Waals surface area contributed by atoms with E-state index in [1.54, 1.807) is 0 Å². The van der Waals surface area contributed by atoms with Gasteiger partial charge in [-0.15, -0.1) is 0 Å². The molecular weight excluding hydrogens is 256 g/mol. The fourth-order valence-electron chi connectivity index (χ4n) is 1.33. The van der Waals surface area contributed by atoms with E-state index < -0.39 is 10.0 Å². The molecule has 2 aromatic rings. The average molecular weight is 264 g/mol. The lowest BCUT2D eigenvalue weighted by Gasteiger charge is -2.08. The van der Waals surface area contributed by atoms with Gasteiger partial charge in [-0.05, 0) is 18.2 Å². The van der Waals surface area contributed by atoms with E-state index in [0.717, 1.165) is 6.26 Å². The van der Waals surface area contributed by atoms with Crippen LogP contribution in [0.2, 0.25) is 0 Å². The molecule has 92 valence electrons. The molecule has 0 amide bonds. The highest BCUT2D eigenvalue weighted by Gasteiger charge is 2.18. The van der Waals surface area contributed by atoms with Crippen LogP contribution in [0, 0.1) is 11.3 Å². The standard InChI is InChI=1S/C10H8N4O3S/c11-4-7-1-2-10(9(12)3-7)18(15,16)14-8-5-13-17-6-8/h1-3,5-6,14H,12H2. The van der Waals surface area contributed by atoms with Crippen molar-refractivity contribution in [2.24, 2.45) is 0 Å². The first kappa shape index (κ1) is 11.9. The molecule has 0 unspecified atom stereocenters. The first-order valence-electron chi connectivity index (χ1n) is 4.75. The van der Waals surface area contributed by atoms with Gasteiger partial charge in [-0.2, -0.15) is 5.26 Å². The number of nitrogens with zero attached hydrogens (tertiary/aromatic N) is 2. The Morgan fingerprint density at radius 3 is 2.78 bits per heavy atom. The lowest BCUT2D eigenvalue weighted by atomic mass is 10.2. The summed E-state index contributed by atoms with van der Waals surface area (Å²) >= 11 is 0. The molecule has 1 heterocycles. The van der Waals surface area contributed by atoms with Gasteiger partial charge in [0.05, 0.1) is 23.5 Å². The normalized spacial score (nSPS) is 10.8. The molecule has 0 radical (unpaired) electrons. The Bertz CT molecular complexity index is 701. The number of nitrogens with two attached hydrogens (primary N) is 1. The number of hydrogen-bond donors (Lipinski definition) is 2. The largest absolute Gasteiger partial charge is 0.398 e. The summed E-state index contributed by atoms with van der Waals surface area (Å²) in [5, 5.41) is 12.0. The Balaban J connectivity index is 2.39. The fourth-order valence-corrected chi connectivity index (χ4v) is 2.47. The summed E-state index contributed by atoms with van der Waals surface area (Å²) in [5.74, 6) is 0. The van der Waals surface area contributed by atoms with Crippen molar-refractivity contribution in [3.8, 4) is 6.07 Å². The lowest BCUT2D eigenvalue weighted by molar-refractivity contribution is 0.420. The van der Waals surface area contributed by atoms with Crippen molar-refractivity contribution in [1.29, 1.82) is 5.26 Å². The molecule has 0 bridgehead atoms. The zero-order valence-electron chi connectivity index (χ0n) is 8.99. The lowest BCUT2D eigenvalue weighted by Crippen LogP contribution is -2.14. The number of benzene rings is 1. The molecule has 1 aromatic carbocycles. The van der Waals surface area contributed by atoms with Crippen molar-refractivity contribution in [2.45, 2.75) is 4.90 Å². The first-order chi connectivity index (χ1) is 8.53. The van der Waals surface area contributed by atoms with E-state index in [-0.39, 0.29) is 21.8 Å². The molecule has 0 saturated carbocycles. The van der Waals surface area contributed by atoms with Crippen molar-refractivity contribution in [3.63, 3.8) is 0 Å². The second-order valence-electron chi connectivity index (χ2n) is 3.38. The van der Waals surface area contributed by atoms with Crippen LogP contribution in [0.1, 0.15) is 5.56 Å². The first-order valence-corrected chi connectivity index (χ1v) is 6.23. The Hall–Kier alpha value is -2.53. The van der Waals surface area contributed by atoms with Crippen LogP contribution in [0.25, 0.3) is 0 Å². The highest BCUT2D eigenvalue weighted by atomic mass is 32.2. The molecular formula is C10H8N4O3S.